The zero-order valence-electron chi connectivity index (χ0n) is 7.64. The summed E-state index contributed by atoms with van der Waals surface area (Å²) in [7, 11) is 0. The quantitative estimate of drug-likeness (QED) is 0.540. The maximum absolute atomic E-state index is 9.74. The van der Waals surface area contributed by atoms with Crippen LogP contribution in [0.2, 0.25) is 0 Å². The molecule has 2 unspecified atom stereocenters. The summed E-state index contributed by atoms with van der Waals surface area (Å²) < 4.78 is 5.29. The van der Waals surface area contributed by atoms with Crippen LogP contribution in [-0.2, 0) is 4.74 Å². The Hall–Kier alpha value is -0.120. The molecule has 0 spiro atoms. The molecule has 0 aliphatic carbocycles. The molecular formula is C8H17NO2. The van der Waals surface area contributed by atoms with E-state index in [9.17, 15) is 5.11 Å². The van der Waals surface area contributed by atoms with Crippen molar-refractivity contribution in [3.63, 3.8) is 0 Å². The highest BCUT2D eigenvalue weighted by atomic mass is 16.6. The molecule has 1 heterocycles. The summed E-state index contributed by atoms with van der Waals surface area (Å²) in [4.78, 5) is 0. The number of nitrogens with one attached hydrogen (secondary N) is 1. The van der Waals surface area contributed by atoms with Gasteiger partial charge in [0.25, 0.3) is 0 Å². The first-order valence-electron chi connectivity index (χ1n) is 3.99. The molecule has 1 aliphatic rings. The number of aliphatic hydroxyl groups is 1. The van der Waals surface area contributed by atoms with Gasteiger partial charge in [0.1, 0.15) is 0 Å². The van der Waals surface area contributed by atoms with E-state index in [0.29, 0.717) is 12.6 Å². The van der Waals surface area contributed by atoms with Gasteiger partial charge in [-0.15, -0.1) is 0 Å². The van der Waals surface area contributed by atoms with E-state index in [-0.39, 0.29) is 5.54 Å². The molecule has 1 saturated heterocycles. The minimum Gasteiger partial charge on any atom is -0.364 e. The fourth-order valence-corrected chi connectivity index (χ4v) is 1.26. The van der Waals surface area contributed by atoms with Crippen molar-refractivity contribution in [2.24, 2.45) is 0 Å². The Morgan fingerprint density at radius 1 is 1.45 bits per heavy atom. The number of hydrogen-bond acceptors (Lipinski definition) is 3. The van der Waals surface area contributed by atoms with Crippen molar-refractivity contribution in [2.45, 2.75) is 45.1 Å². The molecular weight excluding hydrogens is 142 g/mol. The second-order valence-electron chi connectivity index (χ2n) is 3.96. The monoisotopic (exact) mass is 159 g/mol. The SMILES string of the molecule is CC1COC(C)(O)C(C)(C)N1. The Labute approximate surface area is 67.7 Å². The van der Waals surface area contributed by atoms with Crippen molar-refractivity contribution >= 4 is 0 Å². The smallest absolute Gasteiger partial charge is 0.180 e. The Balaban J connectivity index is 2.72. The molecule has 0 aromatic rings. The Kier molecular flexibility index (Phi) is 1.99. The Morgan fingerprint density at radius 2 is 2.00 bits per heavy atom. The molecule has 11 heavy (non-hydrogen) atoms. The summed E-state index contributed by atoms with van der Waals surface area (Å²) in [6.07, 6.45) is 0. The highest BCUT2D eigenvalue weighted by Crippen LogP contribution is 2.26. The fraction of sp³-hybridized carbons (Fsp3) is 1.00. The van der Waals surface area contributed by atoms with Crippen molar-refractivity contribution in [3.8, 4) is 0 Å². The average Bonchev–Trinajstić information content (AvgIpc) is 1.80. The van der Waals surface area contributed by atoms with E-state index < -0.39 is 5.79 Å². The van der Waals surface area contributed by atoms with Crippen LogP contribution in [0.1, 0.15) is 27.7 Å². The second-order valence-corrected chi connectivity index (χ2v) is 3.96. The standard InChI is InChI=1S/C8H17NO2/c1-6-5-11-8(4,10)7(2,3)9-6/h6,9-10H,5H2,1-4H3. The van der Waals surface area contributed by atoms with Gasteiger partial charge in [-0.25, -0.2) is 0 Å². The van der Waals surface area contributed by atoms with Crippen LogP contribution >= 0.6 is 0 Å². The summed E-state index contributed by atoms with van der Waals surface area (Å²) in [6, 6.07) is 0.310. The van der Waals surface area contributed by atoms with Gasteiger partial charge in [0, 0.05) is 6.04 Å². The van der Waals surface area contributed by atoms with Gasteiger partial charge in [0.15, 0.2) is 5.79 Å². The molecule has 1 fully saturated rings. The molecule has 3 heteroatoms. The third-order valence-corrected chi connectivity index (χ3v) is 2.38. The van der Waals surface area contributed by atoms with Gasteiger partial charge in [0.05, 0.1) is 12.1 Å². The highest BCUT2D eigenvalue weighted by molar-refractivity contribution is 4.95. The molecule has 3 nitrogen and oxygen atoms in total. The third kappa shape index (κ3) is 1.55. The first kappa shape index (κ1) is 8.97. The predicted octanol–water partition coefficient (Wildman–Crippen LogP) is 0.482. The summed E-state index contributed by atoms with van der Waals surface area (Å²) in [5.74, 6) is -1.06. The highest BCUT2D eigenvalue weighted by Gasteiger charge is 2.44. The molecule has 2 atom stereocenters. The maximum atomic E-state index is 9.74. The van der Waals surface area contributed by atoms with Gasteiger partial charge in [-0.1, -0.05) is 0 Å². The lowest BCUT2D eigenvalue weighted by atomic mass is 9.92. The van der Waals surface area contributed by atoms with Crippen molar-refractivity contribution in [1.82, 2.24) is 5.32 Å². The number of morpholine rings is 1. The van der Waals surface area contributed by atoms with E-state index in [0.717, 1.165) is 0 Å². The number of rotatable bonds is 0. The van der Waals surface area contributed by atoms with Gasteiger partial charge in [0.2, 0.25) is 0 Å². The van der Waals surface area contributed by atoms with E-state index >= 15 is 0 Å². The molecule has 0 saturated carbocycles. The Bertz CT molecular complexity index is 154. The average molecular weight is 159 g/mol. The largest absolute Gasteiger partial charge is 0.364 e. The first-order chi connectivity index (χ1) is 4.85. The van der Waals surface area contributed by atoms with Crippen LogP contribution in [0, 0.1) is 0 Å². The van der Waals surface area contributed by atoms with Gasteiger partial charge < -0.3 is 15.2 Å². The summed E-state index contributed by atoms with van der Waals surface area (Å²) >= 11 is 0. The zero-order valence-corrected chi connectivity index (χ0v) is 7.64. The lowest BCUT2D eigenvalue weighted by Gasteiger charge is -2.46. The van der Waals surface area contributed by atoms with Gasteiger partial charge in [-0.05, 0) is 27.7 Å². The number of ether oxygens (including phenoxy) is 1. The molecule has 0 aromatic heterocycles. The summed E-state index contributed by atoms with van der Waals surface area (Å²) in [6.45, 7) is 8.16. The van der Waals surface area contributed by atoms with Gasteiger partial charge in [-0.3, -0.25) is 0 Å². The van der Waals surface area contributed by atoms with E-state index in [1.165, 1.54) is 0 Å². The molecule has 2 N–H and O–H groups in total. The van der Waals surface area contributed by atoms with Crippen molar-refractivity contribution in [2.75, 3.05) is 6.61 Å². The minimum absolute atomic E-state index is 0.310. The third-order valence-electron chi connectivity index (χ3n) is 2.38. The fourth-order valence-electron chi connectivity index (χ4n) is 1.26. The summed E-state index contributed by atoms with van der Waals surface area (Å²) in [5, 5.41) is 13.0. The van der Waals surface area contributed by atoms with E-state index in [1.54, 1.807) is 6.92 Å². The van der Waals surface area contributed by atoms with Crippen molar-refractivity contribution in [1.29, 1.82) is 0 Å². The normalized spacial score (nSPS) is 43.9. The van der Waals surface area contributed by atoms with Crippen molar-refractivity contribution < 1.29 is 9.84 Å². The lowest BCUT2D eigenvalue weighted by Crippen LogP contribution is -2.66. The van der Waals surface area contributed by atoms with Crippen LogP contribution in [0.3, 0.4) is 0 Å². The zero-order chi connectivity index (χ0) is 8.70. The molecule has 1 aliphatic heterocycles. The second kappa shape index (κ2) is 2.44. The van der Waals surface area contributed by atoms with Crippen LogP contribution in [-0.4, -0.2) is 29.1 Å². The topological polar surface area (TPSA) is 41.5 Å². The van der Waals surface area contributed by atoms with Gasteiger partial charge in [-0.2, -0.15) is 0 Å². The predicted molar refractivity (Wildman–Crippen MR) is 43.3 cm³/mol. The van der Waals surface area contributed by atoms with Crippen LogP contribution in [0.15, 0.2) is 0 Å². The minimum atomic E-state index is -1.06. The first-order valence-corrected chi connectivity index (χ1v) is 3.99. The van der Waals surface area contributed by atoms with E-state index in [1.807, 2.05) is 20.8 Å². The molecule has 66 valence electrons. The molecule has 1 rings (SSSR count). The van der Waals surface area contributed by atoms with E-state index in [4.69, 9.17) is 4.74 Å². The number of hydrogen-bond donors (Lipinski definition) is 2. The van der Waals surface area contributed by atoms with Crippen LogP contribution in [0.25, 0.3) is 0 Å². The maximum Gasteiger partial charge on any atom is 0.180 e. The Morgan fingerprint density at radius 3 is 2.36 bits per heavy atom. The van der Waals surface area contributed by atoms with Crippen LogP contribution in [0.5, 0.6) is 0 Å². The van der Waals surface area contributed by atoms with Crippen LogP contribution < -0.4 is 5.32 Å². The van der Waals surface area contributed by atoms with E-state index in [2.05, 4.69) is 5.32 Å². The molecule has 0 amide bonds. The molecule has 0 radical (unpaired) electrons. The van der Waals surface area contributed by atoms with Gasteiger partial charge >= 0.3 is 0 Å². The van der Waals surface area contributed by atoms with Crippen LogP contribution in [0.4, 0.5) is 0 Å². The molecule has 0 aromatic carbocycles. The van der Waals surface area contributed by atoms with Crippen molar-refractivity contribution in [3.05, 3.63) is 0 Å². The summed E-state index contributed by atoms with van der Waals surface area (Å²) in [5.41, 5.74) is -0.370. The molecule has 0 bridgehead atoms. The lowest BCUT2D eigenvalue weighted by molar-refractivity contribution is -0.258.